The maximum atomic E-state index is 11.9. The molecule has 1 N–H and O–H groups in total. The van der Waals surface area contributed by atoms with E-state index in [0.29, 0.717) is 12.8 Å². The molecule has 1 aliphatic heterocycles. The number of carboxylic acid groups (broad SMARTS) is 1. The lowest BCUT2D eigenvalue weighted by Gasteiger charge is -2.59. The molecule has 0 atom stereocenters. The maximum Gasteiger partial charge on any atom is 0.306 e. The van der Waals surface area contributed by atoms with E-state index in [0.717, 1.165) is 5.06 Å². The fraction of sp³-hybridized carbons (Fsp3) is 0.900. The monoisotopic (exact) mass is 200 g/mol. The van der Waals surface area contributed by atoms with Crippen molar-refractivity contribution in [3.05, 3.63) is 5.21 Å². The minimum atomic E-state index is -0.792. The van der Waals surface area contributed by atoms with Gasteiger partial charge in [0, 0.05) is 11.1 Å². The standard InChI is InChI=1S/C10H18NO3/c1-9(2)5-7(8(12)13)6-10(3,4)11(9)14/h7H,5-6H2,1-4H3,(H,12,13)/q-1. The van der Waals surface area contributed by atoms with Crippen LogP contribution in [0.2, 0.25) is 0 Å². The molecule has 0 radical (unpaired) electrons. The summed E-state index contributed by atoms with van der Waals surface area (Å²) in [6.07, 6.45) is 0.852. The van der Waals surface area contributed by atoms with E-state index in [1.165, 1.54) is 0 Å². The average Bonchev–Trinajstić information content (AvgIpc) is 1.98. The van der Waals surface area contributed by atoms with Gasteiger partial charge in [0.25, 0.3) is 0 Å². The Hall–Kier alpha value is -0.610. The van der Waals surface area contributed by atoms with Crippen molar-refractivity contribution in [1.29, 1.82) is 0 Å². The van der Waals surface area contributed by atoms with Crippen LogP contribution in [0.25, 0.3) is 0 Å². The average molecular weight is 200 g/mol. The minimum absolute atomic E-state index is 0.398. The Kier molecular flexibility index (Phi) is 2.63. The van der Waals surface area contributed by atoms with Gasteiger partial charge in [-0.1, -0.05) is 0 Å². The van der Waals surface area contributed by atoms with Crippen LogP contribution >= 0.6 is 0 Å². The Balaban J connectivity index is 2.91. The van der Waals surface area contributed by atoms with E-state index in [1.54, 1.807) is 27.7 Å². The molecule has 4 nitrogen and oxygen atoms in total. The molecule has 0 bridgehead atoms. The Morgan fingerprint density at radius 3 is 1.93 bits per heavy atom. The molecule has 0 aromatic heterocycles. The lowest BCUT2D eigenvalue weighted by Crippen LogP contribution is -2.58. The molecule has 82 valence electrons. The van der Waals surface area contributed by atoms with Gasteiger partial charge in [-0.25, -0.2) is 0 Å². The summed E-state index contributed by atoms with van der Waals surface area (Å²) in [5.74, 6) is -1.19. The molecular formula is C10H18NO3-. The third-order valence-electron chi connectivity index (χ3n) is 2.94. The second-order valence-electron chi connectivity index (χ2n) is 5.36. The number of carbonyl (C=O) groups is 1. The Labute approximate surface area is 84.5 Å². The van der Waals surface area contributed by atoms with E-state index in [4.69, 9.17) is 5.11 Å². The molecule has 1 fully saturated rings. The summed E-state index contributed by atoms with van der Waals surface area (Å²) in [4.78, 5) is 10.9. The predicted octanol–water partition coefficient (Wildman–Crippen LogP) is 1.84. The largest absolute Gasteiger partial charge is 0.784 e. The number of aliphatic carboxylic acids is 1. The van der Waals surface area contributed by atoms with Crippen molar-refractivity contribution in [1.82, 2.24) is 5.06 Å². The molecule has 1 rings (SSSR count). The van der Waals surface area contributed by atoms with Crippen LogP contribution < -0.4 is 0 Å². The van der Waals surface area contributed by atoms with Crippen molar-refractivity contribution in [2.24, 2.45) is 5.92 Å². The summed E-state index contributed by atoms with van der Waals surface area (Å²) >= 11 is 0. The third kappa shape index (κ3) is 1.91. The van der Waals surface area contributed by atoms with E-state index in [9.17, 15) is 10.0 Å². The van der Waals surface area contributed by atoms with Gasteiger partial charge in [-0.2, -0.15) is 0 Å². The summed E-state index contributed by atoms with van der Waals surface area (Å²) in [6.45, 7) is 7.21. The quantitative estimate of drug-likeness (QED) is 0.701. The van der Waals surface area contributed by atoms with Gasteiger partial charge in [0.15, 0.2) is 0 Å². The van der Waals surface area contributed by atoms with Crippen LogP contribution in [0.5, 0.6) is 0 Å². The van der Waals surface area contributed by atoms with Gasteiger partial charge in [-0.15, -0.1) is 0 Å². The number of carboxylic acids is 1. The molecule has 0 unspecified atom stereocenters. The fourth-order valence-electron chi connectivity index (χ4n) is 2.44. The third-order valence-corrected chi connectivity index (χ3v) is 2.94. The first kappa shape index (κ1) is 11.5. The highest BCUT2D eigenvalue weighted by atomic mass is 16.5. The molecule has 1 saturated heterocycles. The van der Waals surface area contributed by atoms with Gasteiger partial charge in [0.05, 0.1) is 5.92 Å². The second-order valence-corrected chi connectivity index (χ2v) is 5.36. The van der Waals surface area contributed by atoms with Crippen molar-refractivity contribution < 1.29 is 9.90 Å². The van der Waals surface area contributed by atoms with Crippen LogP contribution in [0.3, 0.4) is 0 Å². The van der Waals surface area contributed by atoms with Crippen LogP contribution in [-0.2, 0) is 4.79 Å². The highest BCUT2D eigenvalue weighted by Gasteiger charge is 2.42. The zero-order valence-corrected chi connectivity index (χ0v) is 9.20. The van der Waals surface area contributed by atoms with Crippen LogP contribution in [0.1, 0.15) is 40.5 Å². The number of rotatable bonds is 1. The van der Waals surface area contributed by atoms with Crippen molar-refractivity contribution in [2.75, 3.05) is 0 Å². The SMILES string of the molecule is CC1(C)CC(C(=O)O)CC(C)(C)N1[O-]. The molecule has 0 aromatic carbocycles. The number of hydrogen-bond acceptors (Lipinski definition) is 3. The van der Waals surface area contributed by atoms with Crippen LogP contribution in [0.4, 0.5) is 0 Å². The van der Waals surface area contributed by atoms with Crippen molar-refractivity contribution in [3.63, 3.8) is 0 Å². The van der Waals surface area contributed by atoms with Gasteiger partial charge in [0.2, 0.25) is 0 Å². The molecule has 0 saturated carbocycles. The summed E-state index contributed by atoms with van der Waals surface area (Å²) in [6, 6.07) is 0. The highest BCUT2D eigenvalue weighted by Crippen LogP contribution is 2.40. The zero-order chi connectivity index (χ0) is 11.1. The maximum absolute atomic E-state index is 11.9. The van der Waals surface area contributed by atoms with Crippen molar-refractivity contribution in [2.45, 2.75) is 51.6 Å². The molecule has 4 heteroatoms. The fourth-order valence-corrected chi connectivity index (χ4v) is 2.44. The molecule has 1 aliphatic rings. The van der Waals surface area contributed by atoms with Crippen molar-refractivity contribution in [3.8, 4) is 0 Å². The van der Waals surface area contributed by atoms with Gasteiger partial charge >= 0.3 is 5.97 Å². The zero-order valence-electron chi connectivity index (χ0n) is 9.20. The number of hydrogen-bond donors (Lipinski definition) is 1. The van der Waals surface area contributed by atoms with Gasteiger partial charge in [-0.3, -0.25) is 4.79 Å². The molecular weight excluding hydrogens is 182 g/mol. The normalized spacial score (nSPS) is 27.5. The number of piperidine rings is 1. The van der Waals surface area contributed by atoms with E-state index in [2.05, 4.69) is 0 Å². The Bertz CT molecular complexity index is 230. The summed E-state index contributed by atoms with van der Waals surface area (Å²) in [5, 5.41) is 21.9. The Morgan fingerprint density at radius 2 is 1.64 bits per heavy atom. The van der Waals surface area contributed by atoms with E-state index >= 15 is 0 Å². The van der Waals surface area contributed by atoms with E-state index in [-0.39, 0.29) is 0 Å². The smallest absolute Gasteiger partial charge is 0.306 e. The minimum Gasteiger partial charge on any atom is -0.784 e. The molecule has 0 spiro atoms. The van der Waals surface area contributed by atoms with Crippen molar-refractivity contribution >= 4 is 5.97 Å². The lowest BCUT2D eigenvalue weighted by atomic mass is 9.75. The lowest BCUT2D eigenvalue weighted by molar-refractivity contribution is -0.148. The number of nitrogens with zero attached hydrogens (tertiary/aromatic N) is 1. The topological polar surface area (TPSA) is 63.6 Å². The predicted molar refractivity (Wildman–Crippen MR) is 53.7 cm³/mol. The molecule has 14 heavy (non-hydrogen) atoms. The van der Waals surface area contributed by atoms with Gasteiger partial charge in [0.1, 0.15) is 0 Å². The Morgan fingerprint density at radius 1 is 1.29 bits per heavy atom. The molecule has 1 heterocycles. The summed E-state index contributed by atoms with van der Waals surface area (Å²) < 4.78 is 0. The second kappa shape index (κ2) is 3.21. The first-order valence-corrected chi connectivity index (χ1v) is 4.87. The first-order valence-electron chi connectivity index (χ1n) is 4.87. The molecule has 0 amide bonds. The first-order chi connectivity index (χ1) is 6.17. The van der Waals surface area contributed by atoms with Crippen LogP contribution in [-0.4, -0.2) is 27.2 Å². The molecule has 0 aromatic rings. The van der Waals surface area contributed by atoms with Gasteiger partial charge < -0.3 is 15.4 Å². The van der Waals surface area contributed by atoms with Crippen LogP contribution in [0, 0.1) is 11.1 Å². The van der Waals surface area contributed by atoms with Crippen LogP contribution in [0.15, 0.2) is 0 Å². The summed E-state index contributed by atoms with van der Waals surface area (Å²) in [7, 11) is 0. The number of hydroxylamine groups is 2. The van der Waals surface area contributed by atoms with E-state index in [1.807, 2.05) is 0 Å². The molecule has 0 aliphatic carbocycles. The highest BCUT2D eigenvalue weighted by molar-refractivity contribution is 5.70. The van der Waals surface area contributed by atoms with E-state index < -0.39 is 23.0 Å². The summed E-state index contributed by atoms with van der Waals surface area (Å²) in [5.41, 5.74) is -1.16. The van der Waals surface area contributed by atoms with Gasteiger partial charge in [-0.05, 0) is 40.5 Å².